The van der Waals surface area contributed by atoms with Crippen LogP contribution in [0.5, 0.6) is 0 Å². The van der Waals surface area contributed by atoms with Gasteiger partial charge >= 0.3 is 17.9 Å². The topological polar surface area (TPSA) is 78.9 Å². The predicted octanol–water partition coefficient (Wildman–Crippen LogP) is 15.9. The lowest BCUT2D eigenvalue weighted by molar-refractivity contribution is -0.167. The summed E-state index contributed by atoms with van der Waals surface area (Å²) in [5, 5.41) is 0. The summed E-state index contributed by atoms with van der Waals surface area (Å²) < 4.78 is 16.7. The standard InChI is InChI=1S/C53H90O6/c1-4-7-10-13-16-19-22-25-27-29-31-34-37-40-43-46-52(55)58-49-50(48-57-51(54)45-42-39-36-33-30-24-21-18-15-12-9-6-3)59-53(56)47-44-41-38-35-32-28-26-23-20-17-14-11-8-5-2/h9,12,16,18-19,21-22,25,28,30,32-33,50H,4-8,10-11,13-15,17,20,23-24,26-27,29,31,34-49H2,1-3H3/b12-9-,19-16-,21-18-,25-22-,32-28-,33-30-. The number of carbonyl (C=O) groups is 3. The third-order valence-electron chi connectivity index (χ3n) is 10.2. The second-order valence-electron chi connectivity index (χ2n) is 16.0. The van der Waals surface area contributed by atoms with Crippen LogP contribution >= 0.6 is 0 Å². The molecule has 0 aliphatic heterocycles. The summed E-state index contributed by atoms with van der Waals surface area (Å²) in [6.45, 7) is 6.42. The zero-order valence-corrected chi connectivity index (χ0v) is 38.5. The van der Waals surface area contributed by atoms with E-state index in [1.54, 1.807) is 0 Å². The second kappa shape index (κ2) is 47.5. The van der Waals surface area contributed by atoms with Crippen molar-refractivity contribution in [2.24, 2.45) is 0 Å². The number of carbonyl (C=O) groups excluding carboxylic acids is 3. The number of esters is 3. The molecule has 0 bridgehead atoms. The smallest absolute Gasteiger partial charge is 0.306 e. The van der Waals surface area contributed by atoms with Gasteiger partial charge in [-0.2, -0.15) is 0 Å². The van der Waals surface area contributed by atoms with Gasteiger partial charge < -0.3 is 14.2 Å². The monoisotopic (exact) mass is 823 g/mol. The molecule has 0 spiro atoms. The minimum absolute atomic E-state index is 0.100. The summed E-state index contributed by atoms with van der Waals surface area (Å²) in [6.07, 6.45) is 58.9. The van der Waals surface area contributed by atoms with Crippen LogP contribution in [-0.4, -0.2) is 37.2 Å². The normalized spacial score (nSPS) is 12.7. The van der Waals surface area contributed by atoms with Crippen LogP contribution in [0, 0.1) is 0 Å². The first-order chi connectivity index (χ1) is 29.0. The van der Waals surface area contributed by atoms with Crippen molar-refractivity contribution >= 4 is 17.9 Å². The van der Waals surface area contributed by atoms with E-state index >= 15 is 0 Å². The number of allylic oxidation sites excluding steroid dienone is 12. The summed E-state index contributed by atoms with van der Waals surface area (Å²) in [5.41, 5.74) is 0. The lowest BCUT2D eigenvalue weighted by atomic mass is 10.1. The minimum atomic E-state index is -0.802. The molecule has 6 heteroatoms. The first-order valence-electron chi connectivity index (χ1n) is 24.5. The summed E-state index contributed by atoms with van der Waals surface area (Å²) in [7, 11) is 0. The molecule has 59 heavy (non-hydrogen) atoms. The van der Waals surface area contributed by atoms with Crippen molar-refractivity contribution in [2.75, 3.05) is 13.2 Å². The van der Waals surface area contributed by atoms with Crippen LogP contribution in [0.1, 0.15) is 226 Å². The van der Waals surface area contributed by atoms with Gasteiger partial charge in [0.05, 0.1) is 0 Å². The van der Waals surface area contributed by atoms with E-state index in [1.807, 2.05) is 0 Å². The van der Waals surface area contributed by atoms with E-state index in [2.05, 4.69) is 93.7 Å². The number of rotatable bonds is 43. The molecule has 0 amide bonds. The highest BCUT2D eigenvalue weighted by atomic mass is 16.6. The van der Waals surface area contributed by atoms with Gasteiger partial charge in [0.15, 0.2) is 6.10 Å². The van der Waals surface area contributed by atoms with Gasteiger partial charge in [-0.15, -0.1) is 0 Å². The third kappa shape index (κ3) is 45.8. The quantitative estimate of drug-likeness (QED) is 0.0200. The van der Waals surface area contributed by atoms with Gasteiger partial charge in [0.25, 0.3) is 0 Å². The Bertz CT molecular complexity index is 1130. The summed E-state index contributed by atoms with van der Waals surface area (Å²) in [6, 6.07) is 0. The molecule has 0 radical (unpaired) electrons. The van der Waals surface area contributed by atoms with Crippen LogP contribution in [0.3, 0.4) is 0 Å². The Labute approximate surface area is 363 Å². The van der Waals surface area contributed by atoms with Crippen molar-refractivity contribution < 1.29 is 28.6 Å². The zero-order valence-electron chi connectivity index (χ0n) is 38.5. The molecule has 0 saturated carbocycles. The van der Waals surface area contributed by atoms with Gasteiger partial charge in [0, 0.05) is 19.3 Å². The van der Waals surface area contributed by atoms with Gasteiger partial charge in [-0.1, -0.05) is 177 Å². The highest BCUT2D eigenvalue weighted by Gasteiger charge is 2.19. The van der Waals surface area contributed by atoms with E-state index < -0.39 is 6.10 Å². The van der Waals surface area contributed by atoms with Gasteiger partial charge in [0.1, 0.15) is 13.2 Å². The Morgan fingerprint density at radius 3 is 1.24 bits per heavy atom. The van der Waals surface area contributed by atoms with Crippen LogP contribution in [-0.2, 0) is 28.6 Å². The van der Waals surface area contributed by atoms with Crippen molar-refractivity contribution in [1.29, 1.82) is 0 Å². The molecule has 0 aromatic rings. The Morgan fingerprint density at radius 2 is 0.712 bits per heavy atom. The molecule has 338 valence electrons. The highest BCUT2D eigenvalue weighted by molar-refractivity contribution is 5.71. The first kappa shape index (κ1) is 55.9. The van der Waals surface area contributed by atoms with Gasteiger partial charge in [-0.3, -0.25) is 14.4 Å². The predicted molar refractivity (Wildman–Crippen MR) is 251 cm³/mol. The first-order valence-corrected chi connectivity index (χ1v) is 24.5. The highest BCUT2D eigenvalue weighted by Crippen LogP contribution is 2.13. The Kier molecular flexibility index (Phi) is 45.0. The molecular formula is C53H90O6. The number of unbranched alkanes of at least 4 members (excludes halogenated alkanes) is 21. The molecule has 0 aliphatic carbocycles. The molecule has 0 heterocycles. The number of hydrogen-bond donors (Lipinski definition) is 0. The molecule has 0 aromatic heterocycles. The fraction of sp³-hybridized carbons (Fsp3) is 0.717. The average Bonchev–Trinajstić information content (AvgIpc) is 3.23. The van der Waals surface area contributed by atoms with E-state index in [1.165, 1.54) is 89.9 Å². The van der Waals surface area contributed by atoms with Crippen LogP contribution in [0.15, 0.2) is 72.9 Å². The zero-order chi connectivity index (χ0) is 43.0. The lowest BCUT2D eigenvalue weighted by Crippen LogP contribution is -2.30. The fourth-order valence-corrected chi connectivity index (χ4v) is 6.50. The molecule has 0 N–H and O–H groups in total. The lowest BCUT2D eigenvalue weighted by Gasteiger charge is -2.18. The van der Waals surface area contributed by atoms with E-state index in [9.17, 15) is 14.4 Å². The maximum absolute atomic E-state index is 12.8. The summed E-state index contributed by atoms with van der Waals surface area (Å²) >= 11 is 0. The molecule has 0 saturated heterocycles. The molecule has 1 atom stereocenters. The van der Waals surface area contributed by atoms with Gasteiger partial charge in [0.2, 0.25) is 0 Å². The number of hydrogen-bond acceptors (Lipinski definition) is 6. The maximum Gasteiger partial charge on any atom is 0.306 e. The number of ether oxygens (including phenoxy) is 3. The molecule has 1 unspecified atom stereocenters. The third-order valence-corrected chi connectivity index (χ3v) is 10.2. The Morgan fingerprint density at radius 1 is 0.373 bits per heavy atom. The molecule has 0 aliphatic rings. The van der Waals surface area contributed by atoms with Crippen LogP contribution in [0.4, 0.5) is 0 Å². The van der Waals surface area contributed by atoms with Crippen molar-refractivity contribution in [2.45, 2.75) is 232 Å². The van der Waals surface area contributed by atoms with E-state index in [4.69, 9.17) is 14.2 Å². The molecule has 0 rings (SSSR count). The van der Waals surface area contributed by atoms with Crippen LogP contribution in [0.25, 0.3) is 0 Å². The van der Waals surface area contributed by atoms with Crippen molar-refractivity contribution in [3.05, 3.63) is 72.9 Å². The fourth-order valence-electron chi connectivity index (χ4n) is 6.50. The molecular weight excluding hydrogens is 733 g/mol. The molecule has 6 nitrogen and oxygen atoms in total. The second-order valence-corrected chi connectivity index (χ2v) is 16.0. The van der Waals surface area contributed by atoms with Crippen LogP contribution in [0.2, 0.25) is 0 Å². The largest absolute Gasteiger partial charge is 0.462 e. The summed E-state index contributed by atoms with van der Waals surface area (Å²) in [4.78, 5) is 37.8. The SMILES string of the molecule is CC/C=C\C/C=C\C/C=C\CCCCC(=O)OCC(COC(=O)CCCCCCCC/C=C\C=C/CCCCC)OC(=O)CCCCC/C=C\CCCCCCCCC. The Balaban J connectivity index is 4.47. The maximum atomic E-state index is 12.8. The van der Waals surface area contributed by atoms with Gasteiger partial charge in [-0.05, 0) is 103 Å². The van der Waals surface area contributed by atoms with Crippen molar-refractivity contribution in [3.63, 3.8) is 0 Å². The molecule has 0 aromatic carbocycles. The van der Waals surface area contributed by atoms with E-state index in [0.29, 0.717) is 19.3 Å². The van der Waals surface area contributed by atoms with Gasteiger partial charge in [-0.25, -0.2) is 0 Å². The minimum Gasteiger partial charge on any atom is -0.462 e. The van der Waals surface area contributed by atoms with E-state index in [-0.39, 0.29) is 31.1 Å². The van der Waals surface area contributed by atoms with Crippen LogP contribution < -0.4 is 0 Å². The summed E-state index contributed by atoms with van der Waals surface area (Å²) in [5.74, 6) is -0.970. The Hall–Kier alpha value is -3.15. The average molecular weight is 823 g/mol. The van der Waals surface area contributed by atoms with Crippen molar-refractivity contribution in [1.82, 2.24) is 0 Å². The van der Waals surface area contributed by atoms with Crippen molar-refractivity contribution in [3.8, 4) is 0 Å². The molecule has 0 fully saturated rings. The van der Waals surface area contributed by atoms with E-state index in [0.717, 1.165) is 96.3 Å².